The van der Waals surface area contributed by atoms with E-state index in [0.29, 0.717) is 26.2 Å². The zero-order chi connectivity index (χ0) is 22.0. The van der Waals surface area contributed by atoms with Crippen molar-refractivity contribution in [2.45, 2.75) is 13.0 Å². The van der Waals surface area contributed by atoms with E-state index in [1.165, 1.54) is 6.92 Å². The zero-order valence-electron chi connectivity index (χ0n) is 17.2. The first-order valence-electron chi connectivity index (χ1n) is 10.2. The van der Waals surface area contributed by atoms with Crippen LogP contribution in [0.25, 0.3) is 0 Å². The second-order valence-corrected chi connectivity index (χ2v) is 7.51. The summed E-state index contributed by atoms with van der Waals surface area (Å²) in [6, 6.07) is 15.3. The van der Waals surface area contributed by atoms with Crippen molar-refractivity contribution < 1.29 is 23.9 Å². The number of imide groups is 1. The molecule has 0 aromatic heterocycles. The Morgan fingerprint density at radius 1 is 0.871 bits per heavy atom. The van der Waals surface area contributed by atoms with Gasteiger partial charge in [-0.05, 0) is 31.2 Å². The van der Waals surface area contributed by atoms with Crippen LogP contribution in [0.15, 0.2) is 54.6 Å². The van der Waals surface area contributed by atoms with Crippen LogP contribution < -0.4 is 4.90 Å². The lowest BCUT2D eigenvalue weighted by Crippen LogP contribution is -2.50. The Kier molecular flexibility index (Phi) is 5.70. The van der Waals surface area contributed by atoms with Crippen LogP contribution in [0.4, 0.5) is 5.69 Å². The van der Waals surface area contributed by atoms with Gasteiger partial charge in [-0.1, -0.05) is 30.3 Å². The van der Waals surface area contributed by atoms with Crippen LogP contribution in [0.5, 0.6) is 0 Å². The number of fused-ring (bicyclic) bond motifs is 1. The summed E-state index contributed by atoms with van der Waals surface area (Å²) >= 11 is 0. The van der Waals surface area contributed by atoms with Gasteiger partial charge in [-0.2, -0.15) is 0 Å². The van der Waals surface area contributed by atoms with Crippen molar-refractivity contribution in [3.63, 3.8) is 0 Å². The first kappa shape index (κ1) is 20.6. The average Bonchev–Trinajstić information content (AvgIpc) is 3.07. The van der Waals surface area contributed by atoms with Gasteiger partial charge in [0.15, 0.2) is 6.61 Å². The van der Waals surface area contributed by atoms with E-state index in [0.717, 1.165) is 10.6 Å². The molecule has 3 amide bonds. The number of ether oxygens (including phenoxy) is 1. The Bertz CT molecular complexity index is 980. The second kappa shape index (κ2) is 8.59. The van der Waals surface area contributed by atoms with E-state index in [1.54, 1.807) is 29.2 Å². The second-order valence-electron chi connectivity index (χ2n) is 7.51. The lowest BCUT2D eigenvalue weighted by Gasteiger charge is -2.36. The number of anilines is 1. The molecule has 4 rings (SSSR count). The number of piperazine rings is 1. The summed E-state index contributed by atoms with van der Waals surface area (Å²) in [5.74, 6) is -2.15. The number of benzene rings is 2. The molecule has 0 bridgehead atoms. The summed E-state index contributed by atoms with van der Waals surface area (Å²) in [7, 11) is 0. The molecule has 160 valence electrons. The summed E-state index contributed by atoms with van der Waals surface area (Å²) in [6.45, 7) is 3.44. The third kappa shape index (κ3) is 4.01. The van der Waals surface area contributed by atoms with Gasteiger partial charge in [0.05, 0.1) is 11.1 Å². The summed E-state index contributed by atoms with van der Waals surface area (Å²) < 4.78 is 5.15. The van der Waals surface area contributed by atoms with Gasteiger partial charge in [-0.3, -0.25) is 19.3 Å². The largest absolute Gasteiger partial charge is 0.454 e. The van der Waals surface area contributed by atoms with Gasteiger partial charge in [-0.25, -0.2) is 4.79 Å². The van der Waals surface area contributed by atoms with Crippen LogP contribution in [0.3, 0.4) is 0 Å². The van der Waals surface area contributed by atoms with Crippen molar-refractivity contribution in [3.8, 4) is 0 Å². The number of hydrogen-bond donors (Lipinski definition) is 0. The maximum atomic E-state index is 12.5. The highest BCUT2D eigenvalue weighted by molar-refractivity contribution is 6.22. The number of para-hydroxylation sites is 1. The lowest BCUT2D eigenvalue weighted by molar-refractivity contribution is -0.154. The molecular weight excluding hydrogens is 398 g/mol. The molecule has 0 unspecified atom stereocenters. The number of rotatable bonds is 5. The third-order valence-corrected chi connectivity index (χ3v) is 5.65. The number of esters is 1. The fourth-order valence-corrected chi connectivity index (χ4v) is 3.86. The molecule has 1 fully saturated rings. The van der Waals surface area contributed by atoms with Crippen LogP contribution in [0.2, 0.25) is 0 Å². The molecule has 0 spiro atoms. The fourth-order valence-electron chi connectivity index (χ4n) is 3.86. The highest BCUT2D eigenvalue weighted by Gasteiger charge is 2.41. The lowest BCUT2D eigenvalue weighted by atomic mass is 10.1. The van der Waals surface area contributed by atoms with Gasteiger partial charge in [0.1, 0.15) is 6.04 Å². The quantitative estimate of drug-likeness (QED) is 0.538. The van der Waals surface area contributed by atoms with Crippen molar-refractivity contribution in [1.82, 2.24) is 9.80 Å². The van der Waals surface area contributed by atoms with E-state index in [2.05, 4.69) is 4.90 Å². The topological polar surface area (TPSA) is 87.2 Å². The number of carbonyl (C=O) groups excluding carboxylic acids is 4. The summed E-state index contributed by atoms with van der Waals surface area (Å²) in [6.07, 6.45) is 0. The van der Waals surface area contributed by atoms with Gasteiger partial charge >= 0.3 is 5.97 Å². The van der Waals surface area contributed by atoms with Crippen molar-refractivity contribution in [2.75, 3.05) is 37.7 Å². The number of carbonyl (C=O) groups is 4. The predicted molar refractivity (Wildman–Crippen MR) is 113 cm³/mol. The molecule has 31 heavy (non-hydrogen) atoms. The molecule has 2 heterocycles. The van der Waals surface area contributed by atoms with Gasteiger partial charge in [0, 0.05) is 31.9 Å². The van der Waals surface area contributed by atoms with Crippen LogP contribution in [-0.2, 0) is 14.3 Å². The Labute approximate surface area is 180 Å². The van der Waals surface area contributed by atoms with Gasteiger partial charge in [0.2, 0.25) is 0 Å². The van der Waals surface area contributed by atoms with E-state index in [1.807, 2.05) is 30.3 Å². The average molecular weight is 421 g/mol. The number of hydrogen-bond acceptors (Lipinski definition) is 6. The van der Waals surface area contributed by atoms with Crippen LogP contribution in [0.1, 0.15) is 27.6 Å². The standard InChI is InChI=1S/C23H23N3O5/c1-16(26-21(28)18-9-5-6-10-19(18)22(26)29)23(30)31-15-20(27)25-13-11-24(12-14-25)17-7-3-2-4-8-17/h2-10,16H,11-15H2,1H3/t16-/m0/s1. The van der Waals surface area contributed by atoms with Crippen LogP contribution in [0, 0.1) is 0 Å². The molecule has 2 aromatic rings. The van der Waals surface area contributed by atoms with Crippen molar-refractivity contribution in [3.05, 3.63) is 65.7 Å². The van der Waals surface area contributed by atoms with Crippen LogP contribution in [-0.4, -0.2) is 72.3 Å². The van der Waals surface area contributed by atoms with Crippen molar-refractivity contribution >= 4 is 29.4 Å². The van der Waals surface area contributed by atoms with Crippen LogP contribution >= 0.6 is 0 Å². The smallest absolute Gasteiger partial charge is 0.329 e. The Hall–Kier alpha value is -3.68. The van der Waals surface area contributed by atoms with Crippen molar-refractivity contribution in [2.24, 2.45) is 0 Å². The van der Waals surface area contributed by atoms with E-state index in [-0.39, 0.29) is 17.0 Å². The predicted octanol–water partition coefficient (Wildman–Crippen LogP) is 1.56. The maximum absolute atomic E-state index is 12.5. The fraction of sp³-hybridized carbons (Fsp3) is 0.304. The monoisotopic (exact) mass is 421 g/mol. The molecule has 1 atom stereocenters. The third-order valence-electron chi connectivity index (χ3n) is 5.65. The minimum atomic E-state index is -1.12. The van der Waals surface area contributed by atoms with E-state index in [4.69, 9.17) is 4.74 Å². The van der Waals surface area contributed by atoms with Gasteiger partial charge in [-0.15, -0.1) is 0 Å². The Balaban J connectivity index is 1.29. The highest BCUT2D eigenvalue weighted by Crippen LogP contribution is 2.24. The summed E-state index contributed by atoms with van der Waals surface area (Å²) in [4.78, 5) is 54.7. The minimum Gasteiger partial charge on any atom is -0.454 e. The summed E-state index contributed by atoms with van der Waals surface area (Å²) in [5.41, 5.74) is 1.63. The SMILES string of the molecule is C[C@@H](C(=O)OCC(=O)N1CCN(c2ccccc2)CC1)N1C(=O)c2ccccc2C1=O. The van der Waals surface area contributed by atoms with E-state index in [9.17, 15) is 19.2 Å². The number of nitrogens with zero attached hydrogens (tertiary/aromatic N) is 3. The molecule has 1 saturated heterocycles. The van der Waals surface area contributed by atoms with Gasteiger partial charge in [0.25, 0.3) is 17.7 Å². The van der Waals surface area contributed by atoms with E-state index < -0.39 is 30.4 Å². The van der Waals surface area contributed by atoms with Gasteiger partial charge < -0.3 is 14.5 Å². The maximum Gasteiger partial charge on any atom is 0.329 e. The zero-order valence-corrected chi connectivity index (χ0v) is 17.2. The highest BCUT2D eigenvalue weighted by atomic mass is 16.5. The van der Waals surface area contributed by atoms with Crippen molar-refractivity contribution in [1.29, 1.82) is 0 Å². The normalized spacial score (nSPS) is 16.9. The molecule has 0 N–H and O–H groups in total. The Morgan fingerprint density at radius 2 is 1.42 bits per heavy atom. The molecule has 2 aliphatic rings. The molecule has 0 aliphatic carbocycles. The summed E-state index contributed by atoms with van der Waals surface area (Å²) in [5, 5.41) is 0. The minimum absolute atomic E-state index is 0.263. The molecule has 8 heteroatoms. The van der Waals surface area contributed by atoms with E-state index >= 15 is 0 Å². The first-order chi connectivity index (χ1) is 15.0. The molecule has 0 radical (unpaired) electrons. The first-order valence-corrected chi connectivity index (χ1v) is 10.2. The number of amides is 3. The molecule has 8 nitrogen and oxygen atoms in total. The molecule has 2 aliphatic heterocycles. The molecule has 0 saturated carbocycles. The molecular formula is C23H23N3O5. The molecule has 2 aromatic carbocycles. The Morgan fingerprint density at radius 3 is 2.00 bits per heavy atom.